The molecule has 2 aromatic rings. The van der Waals surface area contributed by atoms with Crippen LogP contribution in [0.5, 0.6) is 0 Å². The van der Waals surface area contributed by atoms with Gasteiger partial charge in [0.05, 0.1) is 15.6 Å². The topological polar surface area (TPSA) is 108 Å². The van der Waals surface area contributed by atoms with E-state index >= 15 is 0 Å². The van der Waals surface area contributed by atoms with Gasteiger partial charge in [0.1, 0.15) is 11.9 Å². The van der Waals surface area contributed by atoms with E-state index in [0.717, 1.165) is 17.4 Å². The monoisotopic (exact) mass is 384 g/mol. The van der Waals surface area contributed by atoms with E-state index in [-0.39, 0.29) is 18.0 Å². The number of nitrogens with one attached hydrogen (secondary N) is 1. The number of halogens is 1. The first-order valence-electron chi connectivity index (χ1n) is 7.09. The van der Waals surface area contributed by atoms with Gasteiger partial charge in [-0.2, -0.15) is 10.2 Å². The van der Waals surface area contributed by atoms with Gasteiger partial charge in [-0.1, -0.05) is 0 Å². The van der Waals surface area contributed by atoms with Gasteiger partial charge in [-0.05, 0) is 29.3 Å². The number of carbonyl (C=O) groups is 1. The second-order valence-corrected chi connectivity index (χ2v) is 5.91. The van der Waals surface area contributed by atoms with Crippen molar-refractivity contribution in [3.63, 3.8) is 0 Å². The fourth-order valence-corrected chi connectivity index (χ4v) is 2.36. The van der Waals surface area contributed by atoms with E-state index in [1.807, 2.05) is 6.20 Å². The minimum absolute atomic E-state index is 0.0317. The van der Waals surface area contributed by atoms with E-state index in [1.54, 1.807) is 17.8 Å². The summed E-state index contributed by atoms with van der Waals surface area (Å²) in [5.74, 6) is -0.109. The number of carbonyl (C=O) groups excluding carboxylic acids is 1. The van der Waals surface area contributed by atoms with Crippen molar-refractivity contribution in [2.45, 2.75) is 32.9 Å². The Bertz CT molecular complexity index is 696. The maximum absolute atomic E-state index is 11.7. The van der Waals surface area contributed by atoms with Crippen molar-refractivity contribution < 1.29 is 9.72 Å². The molecule has 0 aliphatic carbocycles. The van der Waals surface area contributed by atoms with Crippen molar-refractivity contribution in [2.24, 2.45) is 0 Å². The zero-order valence-electron chi connectivity index (χ0n) is 12.6. The van der Waals surface area contributed by atoms with Gasteiger partial charge in [0.2, 0.25) is 5.91 Å². The lowest BCUT2D eigenvalue weighted by Gasteiger charge is -2.05. The number of aromatic nitrogens is 4. The molecule has 0 spiro atoms. The van der Waals surface area contributed by atoms with Crippen molar-refractivity contribution >= 4 is 27.5 Å². The third-order valence-electron chi connectivity index (χ3n) is 3.17. The first kappa shape index (κ1) is 17.1. The highest BCUT2D eigenvalue weighted by atomic mass is 79.9. The second-order valence-electron chi connectivity index (χ2n) is 5.00. The van der Waals surface area contributed by atoms with Gasteiger partial charge in [0.15, 0.2) is 0 Å². The van der Waals surface area contributed by atoms with Gasteiger partial charge in [-0.15, -0.1) is 0 Å². The number of rotatable bonds is 8. The number of nitrogens with zero attached hydrogens (tertiary/aromatic N) is 5. The highest BCUT2D eigenvalue weighted by Crippen LogP contribution is 2.15. The normalized spacial score (nSPS) is 10.7. The lowest BCUT2D eigenvalue weighted by Crippen LogP contribution is -2.26. The Balaban J connectivity index is 1.67. The second kappa shape index (κ2) is 7.86. The summed E-state index contributed by atoms with van der Waals surface area (Å²) in [6, 6.07) is 0. The van der Waals surface area contributed by atoms with Gasteiger partial charge in [0.25, 0.3) is 0 Å². The average Bonchev–Trinajstić information content (AvgIpc) is 3.07. The van der Waals surface area contributed by atoms with E-state index in [1.165, 1.54) is 10.9 Å². The van der Waals surface area contributed by atoms with Gasteiger partial charge < -0.3 is 5.32 Å². The largest absolute Gasteiger partial charge is 0.356 e. The molecule has 0 saturated carbocycles. The summed E-state index contributed by atoms with van der Waals surface area (Å²) >= 11 is 3.32. The predicted molar refractivity (Wildman–Crippen MR) is 85.8 cm³/mol. The molecule has 0 aliphatic heterocycles. The van der Waals surface area contributed by atoms with E-state index in [4.69, 9.17) is 0 Å². The predicted octanol–water partition coefficient (Wildman–Crippen LogP) is 1.66. The lowest BCUT2D eigenvalue weighted by atomic mass is 10.3. The minimum atomic E-state index is -0.480. The summed E-state index contributed by atoms with van der Waals surface area (Å²) in [4.78, 5) is 22.0. The maximum atomic E-state index is 11.7. The van der Waals surface area contributed by atoms with E-state index in [2.05, 4.69) is 31.4 Å². The summed E-state index contributed by atoms with van der Waals surface area (Å²) in [5.41, 5.74) is 0.316. The minimum Gasteiger partial charge on any atom is -0.356 e. The van der Waals surface area contributed by atoms with Crippen LogP contribution in [0.1, 0.15) is 18.5 Å². The third-order valence-corrected chi connectivity index (χ3v) is 3.58. The van der Waals surface area contributed by atoms with Crippen molar-refractivity contribution in [3.8, 4) is 0 Å². The molecular formula is C13H17BrN6O3. The Morgan fingerprint density at radius 1 is 1.39 bits per heavy atom. The molecule has 2 rings (SSSR count). The molecule has 2 heterocycles. The average molecular weight is 385 g/mol. The molecule has 124 valence electrons. The zero-order valence-corrected chi connectivity index (χ0v) is 14.2. The van der Waals surface area contributed by atoms with Crippen molar-refractivity contribution in [1.29, 1.82) is 0 Å². The van der Waals surface area contributed by atoms with Crippen LogP contribution in [0.2, 0.25) is 0 Å². The molecule has 0 bridgehead atoms. The number of aryl methyl sites for hydroxylation is 3. The van der Waals surface area contributed by atoms with Crippen LogP contribution in [0.4, 0.5) is 5.69 Å². The van der Waals surface area contributed by atoms with Crippen LogP contribution >= 0.6 is 15.9 Å². The molecule has 0 unspecified atom stereocenters. The quantitative estimate of drug-likeness (QED) is 0.422. The summed E-state index contributed by atoms with van der Waals surface area (Å²) < 4.78 is 4.14. The fourth-order valence-electron chi connectivity index (χ4n) is 2.04. The number of hydrogen-bond donors (Lipinski definition) is 1. The fraction of sp³-hybridized carbons (Fsp3) is 0.462. The van der Waals surface area contributed by atoms with E-state index in [0.29, 0.717) is 18.8 Å². The Morgan fingerprint density at radius 2 is 2.17 bits per heavy atom. The van der Waals surface area contributed by atoms with Crippen LogP contribution in [0.25, 0.3) is 0 Å². The highest BCUT2D eigenvalue weighted by molar-refractivity contribution is 9.10. The molecule has 1 N–H and O–H groups in total. The number of amides is 1. The SMILES string of the molecule is Cc1nn(CCC(=O)NCCCn2cc(Br)cn2)cc1[N+](=O)[O-]. The standard InChI is InChI=1S/C13H17BrN6O3/c1-10-12(20(22)23)9-19(17-10)6-3-13(21)15-4-2-5-18-8-11(14)7-16-18/h7-9H,2-6H2,1H3,(H,15,21). The van der Waals surface area contributed by atoms with Crippen molar-refractivity contribution in [1.82, 2.24) is 24.9 Å². The summed E-state index contributed by atoms with van der Waals surface area (Å²) in [6.45, 7) is 3.15. The van der Waals surface area contributed by atoms with Gasteiger partial charge in [0, 0.05) is 32.3 Å². The van der Waals surface area contributed by atoms with Gasteiger partial charge in [-0.3, -0.25) is 24.3 Å². The lowest BCUT2D eigenvalue weighted by molar-refractivity contribution is -0.385. The first-order chi connectivity index (χ1) is 11.0. The number of nitro groups is 1. The molecule has 0 radical (unpaired) electrons. The maximum Gasteiger partial charge on any atom is 0.309 e. The molecule has 0 aliphatic rings. The van der Waals surface area contributed by atoms with E-state index in [9.17, 15) is 14.9 Å². The first-order valence-corrected chi connectivity index (χ1v) is 7.88. The Labute approximate surface area is 140 Å². The van der Waals surface area contributed by atoms with Crippen molar-refractivity contribution in [3.05, 3.63) is 38.9 Å². The van der Waals surface area contributed by atoms with E-state index < -0.39 is 4.92 Å². The van der Waals surface area contributed by atoms with Gasteiger partial charge in [-0.25, -0.2) is 0 Å². The highest BCUT2D eigenvalue weighted by Gasteiger charge is 2.15. The Kier molecular flexibility index (Phi) is 5.85. The van der Waals surface area contributed by atoms with Crippen LogP contribution in [0, 0.1) is 17.0 Å². The molecule has 9 nitrogen and oxygen atoms in total. The summed E-state index contributed by atoms with van der Waals surface area (Å²) in [5, 5.41) is 21.7. The summed E-state index contributed by atoms with van der Waals surface area (Å²) in [7, 11) is 0. The van der Waals surface area contributed by atoms with Crippen LogP contribution in [0.3, 0.4) is 0 Å². The molecule has 2 aromatic heterocycles. The molecular weight excluding hydrogens is 368 g/mol. The molecule has 1 amide bonds. The summed E-state index contributed by atoms with van der Waals surface area (Å²) in [6.07, 6.45) is 5.93. The Hall–Kier alpha value is -2.23. The van der Waals surface area contributed by atoms with Crippen molar-refractivity contribution in [2.75, 3.05) is 6.54 Å². The molecule has 0 fully saturated rings. The van der Waals surface area contributed by atoms with Crippen LogP contribution in [-0.4, -0.2) is 36.9 Å². The smallest absolute Gasteiger partial charge is 0.309 e. The molecule has 23 heavy (non-hydrogen) atoms. The molecule has 0 aromatic carbocycles. The molecule has 0 atom stereocenters. The third kappa shape index (κ3) is 5.16. The molecule has 0 saturated heterocycles. The van der Waals surface area contributed by atoms with Crippen LogP contribution < -0.4 is 5.32 Å². The van der Waals surface area contributed by atoms with Crippen LogP contribution in [0.15, 0.2) is 23.1 Å². The zero-order chi connectivity index (χ0) is 16.8. The van der Waals surface area contributed by atoms with Gasteiger partial charge >= 0.3 is 5.69 Å². The number of hydrogen-bond acceptors (Lipinski definition) is 5. The molecule has 10 heteroatoms. The van der Waals surface area contributed by atoms with Crippen LogP contribution in [-0.2, 0) is 17.9 Å². The Morgan fingerprint density at radius 3 is 2.78 bits per heavy atom.